The summed E-state index contributed by atoms with van der Waals surface area (Å²) >= 11 is 6.71. The molecule has 0 saturated heterocycles. The van der Waals surface area contributed by atoms with Gasteiger partial charge in [-0.15, -0.1) is 0 Å². The van der Waals surface area contributed by atoms with Gasteiger partial charge in [-0.3, -0.25) is 9.79 Å². The average Bonchev–Trinajstić information content (AvgIpc) is 2.84. The highest BCUT2D eigenvalue weighted by Gasteiger charge is 2.28. The molecule has 0 fully saturated rings. The lowest BCUT2D eigenvalue weighted by molar-refractivity contribution is -0.116. The van der Waals surface area contributed by atoms with E-state index >= 15 is 0 Å². The van der Waals surface area contributed by atoms with Crippen molar-refractivity contribution in [3.8, 4) is 5.75 Å². The Labute approximate surface area is 157 Å². The van der Waals surface area contributed by atoms with Crippen LogP contribution in [-0.2, 0) is 11.2 Å². The minimum atomic E-state index is 0.0569. The van der Waals surface area contributed by atoms with Gasteiger partial charge in [-0.2, -0.15) is 0 Å². The second kappa shape index (κ2) is 6.69. The van der Waals surface area contributed by atoms with E-state index in [2.05, 4.69) is 36.9 Å². The van der Waals surface area contributed by atoms with Gasteiger partial charge >= 0.3 is 0 Å². The number of amides is 1. The highest BCUT2D eigenvalue weighted by molar-refractivity contribution is 9.11. The third-order valence-electron chi connectivity index (χ3n) is 4.03. The number of fused-ring (bicyclic) bond motifs is 1. The summed E-state index contributed by atoms with van der Waals surface area (Å²) in [6, 6.07) is 9.56. The second-order valence-corrected chi connectivity index (χ2v) is 7.61. The number of halogens is 2. The van der Waals surface area contributed by atoms with Crippen LogP contribution >= 0.6 is 31.9 Å². The predicted molar refractivity (Wildman–Crippen MR) is 104 cm³/mol. The van der Waals surface area contributed by atoms with Gasteiger partial charge in [0.15, 0.2) is 0 Å². The third kappa shape index (κ3) is 3.26. The zero-order chi connectivity index (χ0) is 17.4. The number of anilines is 1. The Bertz CT molecular complexity index is 849. The van der Waals surface area contributed by atoms with E-state index in [1.54, 1.807) is 25.3 Å². The number of phenols is 1. The largest absolute Gasteiger partial charge is 0.506 e. The molecule has 1 aliphatic rings. The summed E-state index contributed by atoms with van der Waals surface area (Å²) in [5.41, 5.74) is 3.49. The topological polar surface area (TPSA) is 52.9 Å². The number of nitrogens with zero attached hydrogens (tertiary/aromatic N) is 2. The number of hydrogen-bond acceptors (Lipinski definition) is 3. The van der Waals surface area contributed by atoms with Crippen LogP contribution in [-0.4, -0.2) is 23.3 Å². The molecule has 4 nitrogen and oxygen atoms in total. The van der Waals surface area contributed by atoms with Crippen molar-refractivity contribution < 1.29 is 9.90 Å². The van der Waals surface area contributed by atoms with Crippen LogP contribution in [0.2, 0.25) is 0 Å². The van der Waals surface area contributed by atoms with E-state index in [-0.39, 0.29) is 17.7 Å². The van der Waals surface area contributed by atoms with Crippen molar-refractivity contribution in [2.75, 3.05) is 4.90 Å². The van der Waals surface area contributed by atoms with Gasteiger partial charge in [0.25, 0.3) is 0 Å². The number of carbonyl (C=O) groups is 1. The van der Waals surface area contributed by atoms with E-state index in [1.165, 1.54) is 0 Å². The Morgan fingerprint density at radius 2 is 2.08 bits per heavy atom. The highest BCUT2D eigenvalue weighted by Crippen LogP contribution is 2.35. The summed E-state index contributed by atoms with van der Waals surface area (Å²) in [5.74, 6) is 0.209. The van der Waals surface area contributed by atoms with Crippen molar-refractivity contribution in [2.45, 2.75) is 26.3 Å². The van der Waals surface area contributed by atoms with Crippen LogP contribution in [0.5, 0.6) is 5.75 Å². The highest BCUT2D eigenvalue weighted by atomic mass is 79.9. The first-order valence-electron chi connectivity index (χ1n) is 7.51. The summed E-state index contributed by atoms with van der Waals surface area (Å²) in [6.45, 7) is 3.63. The molecular formula is C18H16Br2N2O2. The Balaban J connectivity index is 1.91. The van der Waals surface area contributed by atoms with Crippen molar-refractivity contribution in [1.29, 1.82) is 0 Å². The van der Waals surface area contributed by atoms with Gasteiger partial charge in [-0.25, -0.2) is 0 Å². The van der Waals surface area contributed by atoms with Crippen molar-refractivity contribution in [3.63, 3.8) is 0 Å². The maximum absolute atomic E-state index is 11.8. The molecule has 2 aromatic rings. The van der Waals surface area contributed by atoms with Crippen LogP contribution in [0, 0.1) is 0 Å². The number of hydrogen-bond donors (Lipinski definition) is 1. The molecule has 3 rings (SSSR count). The van der Waals surface area contributed by atoms with E-state index in [0.29, 0.717) is 10.0 Å². The van der Waals surface area contributed by atoms with Gasteiger partial charge in [0.05, 0.1) is 10.2 Å². The molecule has 0 saturated carbocycles. The van der Waals surface area contributed by atoms with Gasteiger partial charge in [0, 0.05) is 34.9 Å². The van der Waals surface area contributed by atoms with Crippen LogP contribution in [0.3, 0.4) is 0 Å². The zero-order valence-electron chi connectivity index (χ0n) is 13.3. The standard InChI is InChI=1S/C18H16Br2N2O2/c1-10-5-12-7-15(3-4-17(12)22(10)11(2)23)21-9-13-6-14(19)8-16(20)18(13)24/h3-4,6-10,24H,5H2,1-2H3. The molecule has 1 amide bonds. The Morgan fingerprint density at radius 1 is 1.33 bits per heavy atom. The number of rotatable bonds is 2. The fraction of sp³-hybridized carbons (Fsp3) is 0.222. The van der Waals surface area contributed by atoms with Crippen LogP contribution in [0.25, 0.3) is 0 Å². The van der Waals surface area contributed by atoms with Crippen LogP contribution < -0.4 is 4.90 Å². The van der Waals surface area contributed by atoms with Crippen molar-refractivity contribution in [1.82, 2.24) is 0 Å². The molecule has 1 heterocycles. The number of aromatic hydroxyl groups is 1. The van der Waals surface area contributed by atoms with Gasteiger partial charge in [-0.05, 0) is 65.2 Å². The van der Waals surface area contributed by atoms with E-state index < -0.39 is 0 Å². The summed E-state index contributed by atoms with van der Waals surface area (Å²) < 4.78 is 1.46. The van der Waals surface area contributed by atoms with E-state index in [9.17, 15) is 9.90 Å². The number of carbonyl (C=O) groups excluding carboxylic acids is 1. The first-order valence-corrected chi connectivity index (χ1v) is 9.10. The molecule has 0 aromatic heterocycles. The van der Waals surface area contributed by atoms with E-state index in [0.717, 1.165) is 27.8 Å². The molecule has 2 aromatic carbocycles. The minimum absolute atomic E-state index is 0.0569. The zero-order valence-corrected chi connectivity index (χ0v) is 16.4. The maximum atomic E-state index is 11.8. The smallest absolute Gasteiger partial charge is 0.224 e. The molecule has 0 spiro atoms. The van der Waals surface area contributed by atoms with E-state index in [4.69, 9.17) is 0 Å². The predicted octanol–water partition coefficient (Wildman–Crippen LogP) is 4.97. The Hall–Kier alpha value is -1.66. The molecular weight excluding hydrogens is 436 g/mol. The van der Waals surface area contributed by atoms with Crippen LogP contribution in [0.1, 0.15) is 25.0 Å². The summed E-state index contributed by atoms with van der Waals surface area (Å²) in [7, 11) is 0. The molecule has 124 valence electrons. The lowest BCUT2D eigenvalue weighted by atomic mass is 10.1. The third-order valence-corrected chi connectivity index (χ3v) is 5.09. The quantitative estimate of drug-likeness (QED) is 0.655. The number of benzene rings is 2. The van der Waals surface area contributed by atoms with Crippen LogP contribution in [0.4, 0.5) is 11.4 Å². The van der Waals surface area contributed by atoms with Gasteiger partial charge in [-0.1, -0.05) is 15.9 Å². The normalized spacial score (nSPS) is 16.7. The molecule has 1 atom stereocenters. The molecule has 0 radical (unpaired) electrons. The average molecular weight is 452 g/mol. The van der Waals surface area contributed by atoms with Crippen molar-refractivity contribution in [2.24, 2.45) is 4.99 Å². The monoisotopic (exact) mass is 450 g/mol. The minimum Gasteiger partial charge on any atom is -0.506 e. The van der Waals surface area contributed by atoms with Crippen molar-refractivity contribution >= 4 is 55.4 Å². The summed E-state index contributed by atoms with van der Waals surface area (Å²) in [6.07, 6.45) is 2.46. The summed E-state index contributed by atoms with van der Waals surface area (Å²) in [5, 5.41) is 10.1. The number of aliphatic imine (C=N–C) groups is 1. The molecule has 24 heavy (non-hydrogen) atoms. The van der Waals surface area contributed by atoms with Crippen molar-refractivity contribution in [3.05, 3.63) is 50.4 Å². The van der Waals surface area contributed by atoms with Gasteiger partial charge in [0.2, 0.25) is 5.91 Å². The Kier molecular flexibility index (Phi) is 4.78. The molecule has 1 N–H and O–H groups in total. The molecule has 1 aliphatic heterocycles. The lowest BCUT2D eigenvalue weighted by Gasteiger charge is -2.20. The molecule has 0 bridgehead atoms. The van der Waals surface area contributed by atoms with Crippen LogP contribution in [0.15, 0.2) is 44.3 Å². The molecule has 6 heteroatoms. The fourth-order valence-corrected chi connectivity index (χ4v) is 4.26. The van der Waals surface area contributed by atoms with Gasteiger partial charge < -0.3 is 10.0 Å². The summed E-state index contributed by atoms with van der Waals surface area (Å²) in [4.78, 5) is 18.1. The Morgan fingerprint density at radius 3 is 2.79 bits per heavy atom. The first-order chi connectivity index (χ1) is 11.4. The lowest BCUT2D eigenvalue weighted by Crippen LogP contribution is -2.33. The maximum Gasteiger partial charge on any atom is 0.224 e. The SMILES string of the molecule is CC(=O)N1c2ccc(N=Cc3cc(Br)cc(Br)c3O)cc2CC1C. The molecule has 1 unspecified atom stereocenters. The first kappa shape index (κ1) is 17.2. The molecule has 0 aliphatic carbocycles. The number of phenolic OH excluding ortho intramolecular Hbond substituents is 1. The van der Waals surface area contributed by atoms with Gasteiger partial charge in [0.1, 0.15) is 5.75 Å². The second-order valence-electron chi connectivity index (χ2n) is 5.84. The van der Waals surface area contributed by atoms with E-state index in [1.807, 2.05) is 30.0 Å². The fourth-order valence-electron chi connectivity index (χ4n) is 3.01.